The molecule has 0 bridgehead atoms. The molecule has 1 atom stereocenters. The Labute approximate surface area is 195 Å². The second-order valence-electron chi connectivity index (χ2n) is 8.76. The standard InChI is InChI=1S/C22H25N5O4S2/c1-13-24-19-17(27(13)15-6-10-33(30,31)12-15)11-16(18-3-2-9-32-18)25-20(19)22(29)26-7-4-14(5-8-26)21(23)28/h2-3,9,11,14-15H,4-8,10,12H2,1H3,(H2,23,28). The molecule has 5 heterocycles. The summed E-state index contributed by atoms with van der Waals surface area (Å²) in [5, 5.41) is 1.95. The van der Waals surface area contributed by atoms with Crippen molar-refractivity contribution >= 4 is 44.0 Å². The third-order valence-electron chi connectivity index (χ3n) is 6.59. The van der Waals surface area contributed by atoms with Gasteiger partial charge in [-0.25, -0.2) is 18.4 Å². The number of piperidine rings is 1. The van der Waals surface area contributed by atoms with Gasteiger partial charge in [0.2, 0.25) is 5.91 Å². The number of aromatic nitrogens is 3. The number of primary amides is 1. The van der Waals surface area contributed by atoms with Crippen molar-refractivity contribution < 1.29 is 18.0 Å². The van der Waals surface area contributed by atoms with Crippen LogP contribution in [0.3, 0.4) is 0 Å². The smallest absolute Gasteiger partial charge is 0.274 e. The van der Waals surface area contributed by atoms with Gasteiger partial charge in [-0.1, -0.05) is 6.07 Å². The van der Waals surface area contributed by atoms with Crippen LogP contribution in [-0.2, 0) is 14.6 Å². The number of likely N-dealkylation sites (tertiary alicyclic amines) is 1. The highest BCUT2D eigenvalue weighted by molar-refractivity contribution is 7.91. The summed E-state index contributed by atoms with van der Waals surface area (Å²) in [4.78, 5) is 37.1. The van der Waals surface area contributed by atoms with Crippen LogP contribution in [0.4, 0.5) is 0 Å². The predicted octanol–water partition coefficient (Wildman–Crippen LogP) is 2.17. The first-order valence-electron chi connectivity index (χ1n) is 11.0. The molecule has 2 aliphatic heterocycles. The monoisotopic (exact) mass is 487 g/mol. The van der Waals surface area contributed by atoms with Crippen LogP contribution in [0.5, 0.6) is 0 Å². The molecule has 5 rings (SSSR count). The summed E-state index contributed by atoms with van der Waals surface area (Å²) in [5.74, 6) is 0.109. The lowest BCUT2D eigenvalue weighted by Gasteiger charge is -2.30. The summed E-state index contributed by atoms with van der Waals surface area (Å²) in [6, 6.07) is 5.56. The molecule has 2 fully saturated rings. The van der Waals surface area contributed by atoms with Crippen molar-refractivity contribution in [2.75, 3.05) is 24.6 Å². The SMILES string of the molecule is Cc1nc2c(C(=O)N3CCC(C(N)=O)CC3)nc(-c3cccs3)cc2n1C1CCS(=O)(=O)C1. The number of rotatable bonds is 4. The maximum absolute atomic E-state index is 13.6. The molecule has 3 aromatic heterocycles. The lowest BCUT2D eigenvalue weighted by molar-refractivity contribution is -0.123. The van der Waals surface area contributed by atoms with Crippen LogP contribution in [-0.4, -0.2) is 64.3 Å². The van der Waals surface area contributed by atoms with Crippen molar-refractivity contribution in [1.82, 2.24) is 19.4 Å². The summed E-state index contributed by atoms with van der Waals surface area (Å²) in [5.41, 5.74) is 7.57. The molecule has 2 saturated heterocycles. The first kappa shape index (κ1) is 22.0. The van der Waals surface area contributed by atoms with E-state index in [1.807, 2.05) is 35.1 Å². The van der Waals surface area contributed by atoms with Crippen LogP contribution in [0.25, 0.3) is 21.6 Å². The summed E-state index contributed by atoms with van der Waals surface area (Å²) in [7, 11) is -3.09. The van der Waals surface area contributed by atoms with Crippen molar-refractivity contribution in [2.24, 2.45) is 11.7 Å². The van der Waals surface area contributed by atoms with Gasteiger partial charge in [0.1, 0.15) is 11.3 Å². The number of hydrogen-bond donors (Lipinski definition) is 1. The van der Waals surface area contributed by atoms with Crippen LogP contribution >= 0.6 is 11.3 Å². The minimum Gasteiger partial charge on any atom is -0.369 e. The summed E-state index contributed by atoms with van der Waals surface area (Å²) in [6.45, 7) is 2.70. The molecule has 1 unspecified atom stereocenters. The normalized spacial score (nSPS) is 21.0. The summed E-state index contributed by atoms with van der Waals surface area (Å²) < 4.78 is 26.3. The molecule has 33 heavy (non-hydrogen) atoms. The van der Waals surface area contributed by atoms with Crippen molar-refractivity contribution in [3.63, 3.8) is 0 Å². The Hall–Kier alpha value is -2.79. The molecule has 2 aliphatic rings. The van der Waals surface area contributed by atoms with E-state index in [0.29, 0.717) is 49.4 Å². The highest BCUT2D eigenvalue weighted by atomic mass is 32.2. The van der Waals surface area contributed by atoms with Crippen molar-refractivity contribution in [2.45, 2.75) is 32.2 Å². The Balaban J connectivity index is 1.60. The van der Waals surface area contributed by atoms with Crippen LogP contribution in [0.2, 0.25) is 0 Å². The van der Waals surface area contributed by atoms with Crippen LogP contribution < -0.4 is 5.73 Å². The third-order valence-corrected chi connectivity index (χ3v) is 9.23. The number of carbonyl (C=O) groups excluding carboxylic acids is 2. The van der Waals surface area contributed by atoms with Gasteiger partial charge in [-0.2, -0.15) is 0 Å². The highest BCUT2D eigenvalue weighted by Gasteiger charge is 2.33. The fourth-order valence-corrected chi connectivity index (χ4v) is 7.25. The maximum Gasteiger partial charge on any atom is 0.274 e. The number of nitrogens with two attached hydrogens (primary N) is 1. The fraction of sp³-hybridized carbons (Fsp3) is 0.455. The molecule has 2 amide bonds. The minimum atomic E-state index is -3.09. The number of carbonyl (C=O) groups is 2. The lowest BCUT2D eigenvalue weighted by Crippen LogP contribution is -2.42. The Morgan fingerprint density at radius 1 is 1.18 bits per heavy atom. The quantitative estimate of drug-likeness (QED) is 0.601. The molecular formula is C22H25N5O4S2. The number of imidazole rings is 1. The van der Waals surface area contributed by atoms with Gasteiger partial charge in [-0.15, -0.1) is 11.3 Å². The molecule has 174 valence electrons. The van der Waals surface area contributed by atoms with Crippen molar-refractivity contribution in [3.8, 4) is 10.6 Å². The van der Waals surface area contributed by atoms with Crippen LogP contribution in [0.1, 0.15) is 41.6 Å². The number of fused-ring (bicyclic) bond motifs is 1. The van der Waals surface area contributed by atoms with Gasteiger partial charge in [0.05, 0.1) is 33.6 Å². The van der Waals surface area contributed by atoms with Gasteiger partial charge in [-0.3, -0.25) is 9.59 Å². The molecule has 3 aromatic rings. The molecule has 9 nitrogen and oxygen atoms in total. The largest absolute Gasteiger partial charge is 0.369 e. The van der Waals surface area contributed by atoms with Gasteiger partial charge in [0.25, 0.3) is 5.91 Å². The Bertz CT molecular complexity index is 1340. The highest BCUT2D eigenvalue weighted by Crippen LogP contribution is 2.34. The van der Waals surface area contributed by atoms with E-state index in [1.54, 1.807) is 4.90 Å². The van der Waals surface area contributed by atoms with E-state index in [0.717, 1.165) is 10.4 Å². The Morgan fingerprint density at radius 3 is 2.55 bits per heavy atom. The van der Waals surface area contributed by atoms with Crippen molar-refractivity contribution in [3.05, 3.63) is 35.1 Å². The number of thiophene rings is 1. The summed E-state index contributed by atoms with van der Waals surface area (Å²) in [6.07, 6.45) is 1.58. The zero-order valence-corrected chi connectivity index (χ0v) is 19.9. The molecule has 2 N–H and O–H groups in total. The third kappa shape index (κ3) is 4.04. The van der Waals surface area contributed by atoms with Gasteiger partial charge in [0, 0.05) is 19.0 Å². The van der Waals surface area contributed by atoms with E-state index in [2.05, 4.69) is 4.98 Å². The Kier molecular flexibility index (Phi) is 5.48. The minimum absolute atomic E-state index is 0.0693. The van der Waals surface area contributed by atoms with E-state index in [4.69, 9.17) is 10.7 Å². The first-order chi connectivity index (χ1) is 15.7. The topological polar surface area (TPSA) is 128 Å². The van der Waals surface area contributed by atoms with Gasteiger partial charge in [-0.05, 0) is 43.7 Å². The summed E-state index contributed by atoms with van der Waals surface area (Å²) >= 11 is 1.52. The number of amides is 2. The number of aryl methyl sites for hydroxylation is 1. The zero-order chi connectivity index (χ0) is 23.3. The molecule has 0 saturated carbocycles. The zero-order valence-electron chi connectivity index (χ0n) is 18.2. The van der Waals surface area contributed by atoms with E-state index >= 15 is 0 Å². The van der Waals surface area contributed by atoms with Crippen molar-refractivity contribution in [1.29, 1.82) is 0 Å². The van der Waals surface area contributed by atoms with Crippen LogP contribution in [0.15, 0.2) is 23.6 Å². The number of sulfone groups is 1. The number of nitrogens with zero attached hydrogens (tertiary/aromatic N) is 4. The average molecular weight is 488 g/mol. The molecular weight excluding hydrogens is 462 g/mol. The predicted molar refractivity (Wildman–Crippen MR) is 126 cm³/mol. The molecule has 0 radical (unpaired) electrons. The fourth-order valence-electron chi connectivity index (χ4n) is 4.87. The lowest BCUT2D eigenvalue weighted by atomic mass is 9.96. The van der Waals surface area contributed by atoms with Gasteiger partial charge in [0.15, 0.2) is 15.5 Å². The van der Waals surface area contributed by atoms with E-state index in [9.17, 15) is 18.0 Å². The van der Waals surface area contributed by atoms with Crippen LogP contribution in [0, 0.1) is 12.8 Å². The number of hydrogen-bond acceptors (Lipinski definition) is 7. The van der Waals surface area contributed by atoms with E-state index in [-0.39, 0.29) is 41.0 Å². The van der Waals surface area contributed by atoms with E-state index in [1.165, 1.54) is 11.3 Å². The second-order valence-corrected chi connectivity index (χ2v) is 11.9. The molecule has 0 aromatic carbocycles. The molecule has 11 heteroatoms. The Morgan fingerprint density at radius 2 is 1.94 bits per heavy atom. The van der Waals surface area contributed by atoms with Gasteiger partial charge < -0.3 is 15.2 Å². The number of pyridine rings is 1. The van der Waals surface area contributed by atoms with E-state index < -0.39 is 9.84 Å². The van der Waals surface area contributed by atoms with Gasteiger partial charge >= 0.3 is 0 Å². The molecule has 0 aliphatic carbocycles. The second kappa shape index (κ2) is 8.21. The first-order valence-corrected chi connectivity index (χ1v) is 13.7. The average Bonchev–Trinajstić information content (AvgIpc) is 3.51. The molecule has 0 spiro atoms. The maximum atomic E-state index is 13.6.